The van der Waals surface area contributed by atoms with Gasteiger partial charge < -0.3 is 10.2 Å². The quantitative estimate of drug-likeness (QED) is 0.297. The van der Waals surface area contributed by atoms with Crippen molar-refractivity contribution < 1.29 is 18.0 Å². The SMILES string of the molecule is CCC(C(=O)NC(C)(C)C)N(CCc1ccccc1)C(=O)CN(c1ccc(C)c(Cl)c1)S(=O)(=O)c1ccc(C)cc1. The number of halogens is 1. The molecule has 0 fully saturated rings. The summed E-state index contributed by atoms with van der Waals surface area (Å²) in [7, 11) is -4.15. The molecule has 41 heavy (non-hydrogen) atoms. The van der Waals surface area contributed by atoms with Crippen molar-refractivity contribution in [1.29, 1.82) is 0 Å². The van der Waals surface area contributed by atoms with E-state index in [1.807, 2.05) is 71.9 Å². The minimum atomic E-state index is -4.15. The highest BCUT2D eigenvalue weighted by molar-refractivity contribution is 7.92. The molecule has 9 heteroatoms. The fourth-order valence-electron chi connectivity index (χ4n) is 4.45. The zero-order chi connectivity index (χ0) is 30.4. The first kappa shape index (κ1) is 32.2. The van der Waals surface area contributed by atoms with Gasteiger partial charge in [0.05, 0.1) is 10.6 Å². The lowest BCUT2D eigenvalue weighted by Crippen LogP contribution is -2.56. The zero-order valence-electron chi connectivity index (χ0n) is 24.6. The summed E-state index contributed by atoms with van der Waals surface area (Å²) in [6.07, 6.45) is 0.871. The third kappa shape index (κ3) is 8.57. The van der Waals surface area contributed by atoms with E-state index in [9.17, 15) is 18.0 Å². The first-order valence-electron chi connectivity index (χ1n) is 13.7. The van der Waals surface area contributed by atoms with Crippen LogP contribution in [-0.2, 0) is 26.0 Å². The van der Waals surface area contributed by atoms with Crippen LogP contribution < -0.4 is 9.62 Å². The van der Waals surface area contributed by atoms with Gasteiger partial charge in [0.2, 0.25) is 11.8 Å². The van der Waals surface area contributed by atoms with E-state index in [0.717, 1.165) is 21.0 Å². The number of rotatable bonds is 11. The summed E-state index contributed by atoms with van der Waals surface area (Å²) in [5.41, 5.74) is 2.46. The fourth-order valence-corrected chi connectivity index (χ4v) is 6.03. The van der Waals surface area contributed by atoms with Gasteiger partial charge in [-0.1, -0.05) is 72.6 Å². The molecule has 220 valence electrons. The summed E-state index contributed by atoms with van der Waals surface area (Å²) in [6.45, 7) is 10.9. The molecule has 0 aromatic heterocycles. The van der Waals surface area contributed by atoms with Gasteiger partial charge in [0.25, 0.3) is 10.0 Å². The number of hydrogen-bond donors (Lipinski definition) is 1. The van der Waals surface area contributed by atoms with Gasteiger partial charge in [-0.15, -0.1) is 0 Å². The van der Waals surface area contributed by atoms with Crippen LogP contribution in [0.3, 0.4) is 0 Å². The molecule has 2 amide bonds. The van der Waals surface area contributed by atoms with Crippen molar-refractivity contribution in [2.45, 2.75) is 70.9 Å². The number of benzene rings is 3. The number of carbonyl (C=O) groups excluding carboxylic acids is 2. The van der Waals surface area contributed by atoms with Crippen molar-refractivity contribution in [3.63, 3.8) is 0 Å². The lowest BCUT2D eigenvalue weighted by Gasteiger charge is -2.34. The van der Waals surface area contributed by atoms with Crippen LogP contribution in [0.2, 0.25) is 5.02 Å². The maximum atomic E-state index is 14.1. The molecule has 0 saturated heterocycles. The van der Waals surface area contributed by atoms with E-state index in [4.69, 9.17) is 11.6 Å². The Morgan fingerprint density at radius 3 is 2.15 bits per heavy atom. The van der Waals surface area contributed by atoms with E-state index in [2.05, 4.69) is 5.32 Å². The van der Waals surface area contributed by atoms with Crippen LogP contribution in [-0.4, -0.2) is 49.8 Å². The molecule has 0 radical (unpaired) electrons. The molecule has 0 aliphatic rings. The molecule has 0 heterocycles. The molecule has 1 N–H and O–H groups in total. The molecule has 1 unspecified atom stereocenters. The minimum Gasteiger partial charge on any atom is -0.350 e. The van der Waals surface area contributed by atoms with Crippen LogP contribution in [0.15, 0.2) is 77.7 Å². The zero-order valence-corrected chi connectivity index (χ0v) is 26.2. The Bertz CT molecular complexity index is 1450. The minimum absolute atomic E-state index is 0.0564. The summed E-state index contributed by atoms with van der Waals surface area (Å²) in [4.78, 5) is 29.0. The third-order valence-electron chi connectivity index (χ3n) is 6.70. The summed E-state index contributed by atoms with van der Waals surface area (Å²) in [5.74, 6) is -0.767. The van der Waals surface area contributed by atoms with E-state index in [1.165, 1.54) is 17.0 Å². The predicted octanol–water partition coefficient (Wildman–Crippen LogP) is 5.92. The van der Waals surface area contributed by atoms with E-state index >= 15 is 0 Å². The fraction of sp³-hybridized carbons (Fsp3) is 0.375. The number of nitrogens with zero attached hydrogens (tertiary/aromatic N) is 2. The van der Waals surface area contributed by atoms with Crippen molar-refractivity contribution in [2.75, 3.05) is 17.4 Å². The number of nitrogens with one attached hydrogen (secondary N) is 1. The molecular formula is C32H40ClN3O4S. The smallest absolute Gasteiger partial charge is 0.264 e. The standard InChI is InChI=1S/C32H40ClN3O4S/c1-7-29(31(38)34-32(4,5)6)35(20-19-25-11-9-8-10-12-25)30(37)22-36(26-16-15-24(3)28(33)21-26)41(39,40)27-17-13-23(2)14-18-27/h8-18,21,29H,7,19-20,22H2,1-6H3,(H,34,38). The van der Waals surface area contributed by atoms with Gasteiger partial charge in [0.15, 0.2) is 0 Å². The van der Waals surface area contributed by atoms with Gasteiger partial charge >= 0.3 is 0 Å². The molecule has 1 atom stereocenters. The second-order valence-electron chi connectivity index (χ2n) is 11.2. The first-order valence-corrected chi connectivity index (χ1v) is 15.6. The maximum Gasteiger partial charge on any atom is 0.264 e. The van der Waals surface area contributed by atoms with Gasteiger partial charge in [-0.2, -0.15) is 0 Å². The van der Waals surface area contributed by atoms with Crippen LogP contribution in [0.4, 0.5) is 5.69 Å². The second-order valence-corrected chi connectivity index (χ2v) is 13.5. The van der Waals surface area contributed by atoms with E-state index in [1.54, 1.807) is 30.3 Å². The number of carbonyl (C=O) groups is 2. The largest absolute Gasteiger partial charge is 0.350 e. The Balaban J connectivity index is 2.04. The maximum absolute atomic E-state index is 14.1. The van der Waals surface area contributed by atoms with Crippen LogP contribution in [0.5, 0.6) is 0 Å². The average Bonchev–Trinajstić information content (AvgIpc) is 2.90. The van der Waals surface area contributed by atoms with Crippen LogP contribution in [0, 0.1) is 13.8 Å². The molecule has 3 aromatic carbocycles. The average molecular weight is 598 g/mol. The molecule has 3 rings (SSSR count). The Kier molecular flexibility index (Phi) is 10.6. The Labute approximate surface area is 249 Å². The molecular weight excluding hydrogens is 558 g/mol. The Morgan fingerprint density at radius 2 is 1.59 bits per heavy atom. The molecule has 0 aliphatic carbocycles. The number of hydrogen-bond acceptors (Lipinski definition) is 4. The summed E-state index contributed by atoms with van der Waals surface area (Å²) < 4.78 is 29.0. The molecule has 0 aliphatic heterocycles. The number of sulfonamides is 1. The highest BCUT2D eigenvalue weighted by atomic mass is 35.5. The molecule has 0 spiro atoms. The van der Waals surface area contributed by atoms with Gasteiger partial charge in [-0.25, -0.2) is 8.42 Å². The topological polar surface area (TPSA) is 86.8 Å². The van der Waals surface area contributed by atoms with Crippen molar-refractivity contribution in [2.24, 2.45) is 0 Å². The Hall–Kier alpha value is -3.36. The normalized spacial score (nSPS) is 12.5. The van der Waals surface area contributed by atoms with Crippen LogP contribution in [0.25, 0.3) is 0 Å². The number of amides is 2. The van der Waals surface area contributed by atoms with E-state index in [0.29, 0.717) is 17.9 Å². The van der Waals surface area contributed by atoms with Crippen LogP contribution in [0.1, 0.15) is 50.8 Å². The molecule has 0 bridgehead atoms. The lowest BCUT2D eigenvalue weighted by atomic mass is 10.1. The van der Waals surface area contributed by atoms with Crippen molar-refractivity contribution in [1.82, 2.24) is 10.2 Å². The number of aryl methyl sites for hydroxylation is 2. The molecule has 7 nitrogen and oxygen atoms in total. The van der Waals surface area contributed by atoms with Crippen LogP contribution >= 0.6 is 11.6 Å². The Morgan fingerprint density at radius 1 is 0.951 bits per heavy atom. The van der Waals surface area contributed by atoms with Crippen molar-refractivity contribution >= 4 is 39.1 Å². The third-order valence-corrected chi connectivity index (χ3v) is 8.89. The van der Waals surface area contributed by atoms with Crippen molar-refractivity contribution in [3.05, 3.63) is 94.5 Å². The monoisotopic (exact) mass is 597 g/mol. The summed E-state index contributed by atoms with van der Waals surface area (Å²) in [5, 5.41) is 3.37. The van der Waals surface area contributed by atoms with Gasteiger partial charge in [0, 0.05) is 17.1 Å². The number of anilines is 1. The van der Waals surface area contributed by atoms with Gasteiger partial charge in [-0.3, -0.25) is 13.9 Å². The highest BCUT2D eigenvalue weighted by Crippen LogP contribution is 2.29. The lowest BCUT2D eigenvalue weighted by molar-refractivity contribution is -0.140. The van der Waals surface area contributed by atoms with Gasteiger partial charge in [-0.05, 0) is 82.9 Å². The second kappa shape index (κ2) is 13.5. The summed E-state index contributed by atoms with van der Waals surface area (Å²) >= 11 is 6.40. The predicted molar refractivity (Wildman–Crippen MR) is 166 cm³/mol. The molecule has 0 saturated carbocycles. The first-order chi connectivity index (χ1) is 19.2. The van der Waals surface area contributed by atoms with E-state index < -0.39 is 34.1 Å². The van der Waals surface area contributed by atoms with Gasteiger partial charge in [0.1, 0.15) is 12.6 Å². The van der Waals surface area contributed by atoms with E-state index in [-0.39, 0.29) is 23.0 Å². The summed E-state index contributed by atoms with van der Waals surface area (Å²) in [6, 6.07) is 20.3. The van der Waals surface area contributed by atoms with Crippen molar-refractivity contribution in [3.8, 4) is 0 Å². The highest BCUT2D eigenvalue weighted by Gasteiger charge is 2.34. The molecule has 3 aromatic rings.